The molecule has 36 heavy (non-hydrogen) atoms. The van der Waals surface area contributed by atoms with Crippen LogP contribution in [-0.4, -0.2) is 64.7 Å². The summed E-state index contributed by atoms with van der Waals surface area (Å²) in [6, 6.07) is 10.2. The molecule has 0 bridgehead atoms. The minimum Gasteiger partial charge on any atom is -0.481 e. The van der Waals surface area contributed by atoms with Gasteiger partial charge in [0.15, 0.2) is 0 Å². The van der Waals surface area contributed by atoms with Crippen LogP contribution in [0.4, 0.5) is 0 Å². The van der Waals surface area contributed by atoms with Crippen LogP contribution in [0.1, 0.15) is 47.7 Å². The van der Waals surface area contributed by atoms with Crippen molar-refractivity contribution in [2.24, 2.45) is 0 Å². The van der Waals surface area contributed by atoms with E-state index in [1.54, 1.807) is 19.1 Å². The molecular formula is C27H27N3O6. The Bertz CT molecular complexity index is 1270. The van der Waals surface area contributed by atoms with Crippen LogP contribution in [0.15, 0.2) is 49.0 Å². The third-order valence-electron chi connectivity index (χ3n) is 6.60. The summed E-state index contributed by atoms with van der Waals surface area (Å²) < 4.78 is 0. The number of amides is 3. The average Bonchev–Trinajstić information content (AvgIpc) is 3.46. The van der Waals surface area contributed by atoms with Crippen molar-refractivity contribution in [1.82, 2.24) is 15.5 Å². The Hall–Kier alpha value is -4.27. The van der Waals surface area contributed by atoms with E-state index in [2.05, 4.69) is 17.2 Å². The maximum Gasteiger partial charge on any atom is 0.305 e. The van der Waals surface area contributed by atoms with Gasteiger partial charge in [-0.3, -0.25) is 19.2 Å². The molecule has 3 amide bonds. The zero-order chi connectivity index (χ0) is 26.0. The standard InChI is InChI=1S/C27H27N3O6/c1-15-18-7-3-4-8-20(18)24-19(15)9-5-10-21(24)25(34)28-16(2)27(36)30-12-6-11-22(30)26(35)29-17(14-31)13-23(32)33/h3-5,7-10,14,16-17,22H,1,6,11-13H2,2H3,(H,28,34)(H,29,35)(H,32,33)/t16-,17?,22-/m0/s1. The fourth-order valence-electron chi connectivity index (χ4n) is 4.88. The minimum absolute atomic E-state index is 0.315. The predicted molar refractivity (Wildman–Crippen MR) is 132 cm³/mol. The first-order chi connectivity index (χ1) is 17.2. The first kappa shape index (κ1) is 24.8. The molecule has 3 N–H and O–H groups in total. The van der Waals surface area contributed by atoms with Gasteiger partial charge in [-0.15, -0.1) is 0 Å². The van der Waals surface area contributed by atoms with Crippen LogP contribution >= 0.6 is 0 Å². The molecule has 1 heterocycles. The number of aldehydes is 1. The number of hydrogen-bond acceptors (Lipinski definition) is 5. The van der Waals surface area contributed by atoms with Crippen LogP contribution in [0.5, 0.6) is 0 Å². The van der Waals surface area contributed by atoms with Crippen molar-refractivity contribution in [3.05, 3.63) is 65.7 Å². The first-order valence-electron chi connectivity index (χ1n) is 11.7. The number of carbonyl (C=O) groups excluding carboxylic acids is 4. The molecule has 1 unspecified atom stereocenters. The van der Waals surface area contributed by atoms with Gasteiger partial charge in [-0.2, -0.15) is 0 Å². The Balaban J connectivity index is 1.48. The second kappa shape index (κ2) is 10.2. The largest absolute Gasteiger partial charge is 0.481 e. The smallest absolute Gasteiger partial charge is 0.305 e. The summed E-state index contributed by atoms with van der Waals surface area (Å²) in [5.74, 6) is -2.66. The molecule has 0 radical (unpaired) electrons. The Morgan fingerprint density at radius 1 is 1.08 bits per heavy atom. The third kappa shape index (κ3) is 4.64. The van der Waals surface area contributed by atoms with E-state index in [9.17, 15) is 24.0 Å². The Labute approximate surface area is 208 Å². The normalized spacial score (nSPS) is 17.5. The molecule has 186 valence electrons. The van der Waals surface area contributed by atoms with Crippen molar-refractivity contribution >= 4 is 35.6 Å². The molecule has 0 spiro atoms. The van der Waals surface area contributed by atoms with Crippen LogP contribution in [-0.2, 0) is 19.2 Å². The molecule has 2 aromatic carbocycles. The molecule has 1 aliphatic heterocycles. The number of carboxylic acid groups (broad SMARTS) is 1. The monoisotopic (exact) mass is 489 g/mol. The van der Waals surface area contributed by atoms with E-state index in [1.807, 2.05) is 30.3 Å². The molecule has 3 atom stereocenters. The van der Waals surface area contributed by atoms with Crippen LogP contribution in [0.3, 0.4) is 0 Å². The van der Waals surface area contributed by atoms with Gasteiger partial charge in [0.2, 0.25) is 11.8 Å². The summed E-state index contributed by atoms with van der Waals surface area (Å²) in [5.41, 5.74) is 4.76. The van der Waals surface area contributed by atoms with E-state index in [1.165, 1.54) is 4.90 Å². The van der Waals surface area contributed by atoms with Crippen LogP contribution in [0.2, 0.25) is 0 Å². The lowest BCUT2D eigenvalue weighted by molar-refractivity contribution is -0.141. The molecule has 2 aliphatic rings. The Kier molecular flexibility index (Phi) is 7.00. The number of rotatable bonds is 8. The average molecular weight is 490 g/mol. The zero-order valence-corrected chi connectivity index (χ0v) is 19.8. The SMILES string of the molecule is C=C1c2ccccc2-c2c1cccc2C(=O)N[C@@H](C)C(=O)N1CCC[C@H]1C(=O)NC(C=O)CC(=O)O. The van der Waals surface area contributed by atoms with E-state index in [0.717, 1.165) is 27.8 Å². The minimum atomic E-state index is -1.22. The van der Waals surface area contributed by atoms with E-state index < -0.39 is 48.2 Å². The highest BCUT2D eigenvalue weighted by atomic mass is 16.4. The quantitative estimate of drug-likeness (QED) is 0.415. The Morgan fingerprint density at radius 3 is 2.47 bits per heavy atom. The number of hydrogen-bond donors (Lipinski definition) is 3. The van der Waals surface area contributed by atoms with Gasteiger partial charge >= 0.3 is 5.97 Å². The van der Waals surface area contributed by atoms with Crippen molar-refractivity contribution in [3.63, 3.8) is 0 Å². The van der Waals surface area contributed by atoms with Crippen LogP contribution in [0, 0.1) is 0 Å². The highest BCUT2D eigenvalue weighted by Crippen LogP contribution is 2.44. The predicted octanol–water partition coefficient (Wildman–Crippen LogP) is 2.00. The number of nitrogens with one attached hydrogen (secondary N) is 2. The Morgan fingerprint density at radius 2 is 1.78 bits per heavy atom. The summed E-state index contributed by atoms with van der Waals surface area (Å²) in [4.78, 5) is 62.6. The summed E-state index contributed by atoms with van der Waals surface area (Å²) in [6.45, 7) is 6.03. The van der Waals surface area contributed by atoms with Crippen molar-refractivity contribution in [2.75, 3.05) is 6.54 Å². The van der Waals surface area contributed by atoms with Gasteiger partial charge < -0.3 is 25.4 Å². The number of carbonyl (C=O) groups is 5. The lowest BCUT2D eigenvalue weighted by Gasteiger charge is -2.28. The third-order valence-corrected chi connectivity index (χ3v) is 6.60. The van der Waals surface area contributed by atoms with Crippen molar-refractivity contribution in [2.45, 2.75) is 44.3 Å². The summed E-state index contributed by atoms with van der Waals surface area (Å²) in [7, 11) is 0. The van der Waals surface area contributed by atoms with Crippen molar-refractivity contribution in [1.29, 1.82) is 0 Å². The molecule has 1 saturated heterocycles. The van der Waals surface area contributed by atoms with Gasteiger partial charge in [-0.05, 0) is 48.1 Å². The van der Waals surface area contributed by atoms with Gasteiger partial charge in [0.05, 0.1) is 12.5 Å². The zero-order valence-electron chi connectivity index (χ0n) is 19.8. The number of fused-ring (bicyclic) bond motifs is 3. The molecule has 0 saturated carbocycles. The highest BCUT2D eigenvalue weighted by Gasteiger charge is 2.37. The summed E-state index contributed by atoms with van der Waals surface area (Å²) in [5, 5.41) is 14.0. The molecule has 0 aromatic heterocycles. The maximum atomic E-state index is 13.3. The lowest BCUT2D eigenvalue weighted by atomic mass is 9.98. The fourth-order valence-corrected chi connectivity index (χ4v) is 4.88. The number of likely N-dealkylation sites (tertiary alicyclic amines) is 1. The molecule has 1 aliphatic carbocycles. The summed E-state index contributed by atoms with van der Waals surface area (Å²) >= 11 is 0. The van der Waals surface area contributed by atoms with Gasteiger partial charge in [-0.1, -0.05) is 43.0 Å². The molecule has 4 rings (SSSR count). The number of aliphatic carboxylic acids is 1. The van der Waals surface area contributed by atoms with Crippen LogP contribution < -0.4 is 10.6 Å². The fraction of sp³-hybridized carbons (Fsp3) is 0.296. The molecule has 9 nitrogen and oxygen atoms in total. The molecule has 9 heteroatoms. The van der Waals surface area contributed by atoms with Gasteiger partial charge in [0.1, 0.15) is 18.4 Å². The summed E-state index contributed by atoms with van der Waals surface area (Å²) in [6.07, 6.45) is 0.767. The number of benzene rings is 2. The molecule has 1 fully saturated rings. The second-order valence-electron chi connectivity index (χ2n) is 8.99. The van der Waals surface area contributed by atoms with Crippen molar-refractivity contribution < 1.29 is 29.1 Å². The van der Waals surface area contributed by atoms with E-state index in [-0.39, 0.29) is 0 Å². The van der Waals surface area contributed by atoms with E-state index in [4.69, 9.17) is 5.11 Å². The van der Waals surface area contributed by atoms with Gasteiger partial charge in [0.25, 0.3) is 5.91 Å². The lowest BCUT2D eigenvalue weighted by Crippen LogP contribution is -2.54. The maximum absolute atomic E-state index is 13.3. The number of carboxylic acids is 1. The molecule has 2 aromatic rings. The van der Waals surface area contributed by atoms with Gasteiger partial charge in [-0.25, -0.2) is 0 Å². The van der Waals surface area contributed by atoms with Crippen molar-refractivity contribution in [3.8, 4) is 11.1 Å². The number of nitrogens with zero attached hydrogens (tertiary/aromatic N) is 1. The highest BCUT2D eigenvalue weighted by molar-refractivity contribution is 6.11. The van der Waals surface area contributed by atoms with Crippen LogP contribution in [0.25, 0.3) is 16.7 Å². The van der Waals surface area contributed by atoms with E-state index >= 15 is 0 Å². The first-order valence-corrected chi connectivity index (χ1v) is 11.7. The topological polar surface area (TPSA) is 133 Å². The van der Waals surface area contributed by atoms with Gasteiger partial charge in [0, 0.05) is 17.7 Å². The van der Waals surface area contributed by atoms with E-state index in [0.29, 0.717) is 31.2 Å². The second-order valence-corrected chi connectivity index (χ2v) is 8.99. The molecular weight excluding hydrogens is 462 g/mol.